The number of anilines is 1. The van der Waals surface area contributed by atoms with Crippen molar-refractivity contribution >= 4 is 28.5 Å². The van der Waals surface area contributed by atoms with Crippen molar-refractivity contribution in [1.82, 2.24) is 4.98 Å². The summed E-state index contributed by atoms with van der Waals surface area (Å²) in [6, 6.07) is 5.23. The Labute approximate surface area is 161 Å². The van der Waals surface area contributed by atoms with E-state index in [1.165, 1.54) is 26.4 Å². The van der Waals surface area contributed by atoms with E-state index in [2.05, 4.69) is 4.98 Å². The number of carbonyl (C=O) groups excluding carboxylic acids is 2. The smallest absolute Gasteiger partial charge is 0.355 e. The molecule has 0 bridgehead atoms. The summed E-state index contributed by atoms with van der Waals surface area (Å²) in [5, 5.41) is 0.898. The van der Waals surface area contributed by atoms with Crippen LogP contribution in [0.15, 0.2) is 58.7 Å². The lowest BCUT2D eigenvalue weighted by atomic mass is 10.0. The highest BCUT2D eigenvalue weighted by molar-refractivity contribution is 6.06. The van der Waals surface area contributed by atoms with E-state index in [1.54, 1.807) is 29.3 Å². The van der Waals surface area contributed by atoms with Gasteiger partial charge >= 0.3 is 11.9 Å². The molecule has 1 N–H and O–H groups in total. The SMILES string of the molecule is COC(=O)C1=C(C(=O)OC)N(c2cc3[nH]c(=O)cc(C)c3cc2C)C=CC=C1. The zero-order chi connectivity index (χ0) is 20.4. The summed E-state index contributed by atoms with van der Waals surface area (Å²) in [4.78, 5) is 41.1. The van der Waals surface area contributed by atoms with Crippen molar-refractivity contribution in [3.05, 3.63) is 75.4 Å². The Morgan fingerprint density at radius 3 is 2.36 bits per heavy atom. The monoisotopic (exact) mass is 380 g/mol. The van der Waals surface area contributed by atoms with Crippen molar-refractivity contribution in [3.63, 3.8) is 0 Å². The van der Waals surface area contributed by atoms with Crippen molar-refractivity contribution in [2.24, 2.45) is 0 Å². The molecule has 1 aromatic carbocycles. The van der Waals surface area contributed by atoms with Gasteiger partial charge in [0.1, 0.15) is 5.70 Å². The van der Waals surface area contributed by atoms with E-state index in [1.807, 2.05) is 19.9 Å². The molecule has 1 aliphatic rings. The number of nitrogens with one attached hydrogen (secondary N) is 1. The standard InChI is InChI=1S/C21H20N2O5/c1-12-10-18(24)22-16-11-17(13(2)9-15(12)16)23-8-6-5-7-14(20(25)27-3)19(23)21(26)28-4/h5-11H,1-4H3,(H,22,24). The van der Waals surface area contributed by atoms with Crippen LogP contribution >= 0.6 is 0 Å². The number of aryl methyl sites for hydroxylation is 2. The maximum atomic E-state index is 12.6. The second-order valence-electron chi connectivity index (χ2n) is 6.32. The summed E-state index contributed by atoms with van der Waals surface area (Å²) in [5.74, 6) is -1.35. The number of allylic oxidation sites excluding steroid dienone is 2. The lowest BCUT2D eigenvalue weighted by Gasteiger charge is -2.25. The number of benzene rings is 1. The Morgan fingerprint density at radius 2 is 1.68 bits per heavy atom. The van der Waals surface area contributed by atoms with Gasteiger partial charge in [-0.15, -0.1) is 0 Å². The van der Waals surface area contributed by atoms with Crippen molar-refractivity contribution in [3.8, 4) is 0 Å². The van der Waals surface area contributed by atoms with Gasteiger partial charge in [-0.25, -0.2) is 9.59 Å². The van der Waals surface area contributed by atoms with Crippen LogP contribution < -0.4 is 10.5 Å². The number of aromatic amines is 1. The van der Waals surface area contributed by atoms with E-state index < -0.39 is 11.9 Å². The van der Waals surface area contributed by atoms with Gasteiger partial charge in [0.05, 0.1) is 31.0 Å². The second kappa shape index (κ2) is 7.56. The van der Waals surface area contributed by atoms with Crippen LogP contribution in [0.2, 0.25) is 0 Å². The first-order chi connectivity index (χ1) is 13.4. The fraction of sp³-hybridized carbons (Fsp3) is 0.190. The topological polar surface area (TPSA) is 88.7 Å². The van der Waals surface area contributed by atoms with Crippen molar-refractivity contribution < 1.29 is 19.1 Å². The Morgan fingerprint density at radius 1 is 0.964 bits per heavy atom. The number of aromatic nitrogens is 1. The average molecular weight is 380 g/mol. The van der Waals surface area contributed by atoms with Gasteiger partial charge in [0.2, 0.25) is 5.56 Å². The highest BCUT2D eigenvalue weighted by atomic mass is 16.5. The van der Waals surface area contributed by atoms with E-state index in [0.717, 1.165) is 16.5 Å². The molecule has 0 spiro atoms. The van der Waals surface area contributed by atoms with Crippen LogP contribution in [0.5, 0.6) is 0 Å². The molecule has 0 radical (unpaired) electrons. The van der Waals surface area contributed by atoms with Crippen LogP contribution in [0.4, 0.5) is 5.69 Å². The maximum absolute atomic E-state index is 12.6. The molecule has 7 nitrogen and oxygen atoms in total. The van der Waals surface area contributed by atoms with Crippen LogP contribution in [0.3, 0.4) is 0 Å². The molecule has 2 heterocycles. The Balaban J connectivity index is 2.30. The predicted molar refractivity (Wildman–Crippen MR) is 106 cm³/mol. The summed E-state index contributed by atoms with van der Waals surface area (Å²) in [6.45, 7) is 3.75. The summed E-state index contributed by atoms with van der Waals surface area (Å²) < 4.78 is 9.74. The van der Waals surface area contributed by atoms with Crippen LogP contribution in [-0.2, 0) is 19.1 Å². The quantitative estimate of drug-likeness (QED) is 0.824. The van der Waals surface area contributed by atoms with E-state index >= 15 is 0 Å². The number of methoxy groups -OCH3 is 2. The third-order valence-corrected chi connectivity index (χ3v) is 4.52. The summed E-state index contributed by atoms with van der Waals surface area (Å²) in [6.07, 6.45) is 6.48. The van der Waals surface area contributed by atoms with Gasteiger partial charge in [-0.2, -0.15) is 0 Å². The zero-order valence-corrected chi connectivity index (χ0v) is 16.0. The van der Waals surface area contributed by atoms with Crippen LogP contribution in [0.1, 0.15) is 11.1 Å². The Hall–Kier alpha value is -3.61. The number of nitrogens with zero attached hydrogens (tertiary/aromatic N) is 1. The molecule has 0 saturated carbocycles. The number of carbonyl (C=O) groups is 2. The minimum absolute atomic E-state index is 0.0248. The molecular weight excluding hydrogens is 360 g/mol. The number of pyridine rings is 1. The molecule has 0 amide bonds. The minimum atomic E-state index is -0.686. The van der Waals surface area contributed by atoms with Crippen LogP contribution in [0, 0.1) is 13.8 Å². The molecular formula is C21H20N2O5. The minimum Gasteiger partial charge on any atom is -0.465 e. The van der Waals surface area contributed by atoms with Gasteiger partial charge in [0, 0.05) is 17.7 Å². The van der Waals surface area contributed by atoms with Gasteiger partial charge < -0.3 is 19.4 Å². The molecule has 0 aliphatic carbocycles. The first-order valence-corrected chi connectivity index (χ1v) is 8.56. The number of fused-ring (bicyclic) bond motifs is 1. The molecule has 0 fully saturated rings. The molecule has 0 saturated heterocycles. The third kappa shape index (κ3) is 3.34. The maximum Gasteiger partial charge on any atom is 0.355 e. The first-order valence-electron chi connectivity index (χ1n) is 8.56. The predicted octanol–water partition coefficient (Wildman–Crippen LogP) is 2.63. The average Bonchev–Trinajstić information content (AvgIpc) is 2.89. The lowest BCUT2D eigenvalue weighted by Crippen LogP contribution is -2.27. The van der Waals surface area contributed by atoms with E-state index in [-0.39, 0.29) is 16.8 Å². The number of hydrogen-bond donors (Lipinski definition) is 1. The van der Waals surface area contributed by atoms with Crippen molar-refractivity contribution in [2.75, 3.05) is 19.1 Å². The number of esters is 2. The Kier molecular flexibility index (Phi) is 5.17. The molecule has 3 rings (SSSR count). The second-order valence-corrected chi connectivity index (χ2v) is 6.32. The van der Waals surface area contributed by atoms with Crippen molar-refractivity contribution in [2.45, 2.75) is 13.8 Å². The lowest BCUT2D eigenvalue weighted by molar-refractivity contribution is -0.139. The zero-order valence-electron chi connectivity index (χ0n) is 16.0. The molecule has 2 aromatic rings. The van der Waals surface area contributed by atoms with Crippen molar-refractivity contribution in [1.29, 1.82) is 0 Å². The van der Waals surface area contributed by atoms with Crippen LogP contribution in [-0.4, -0.2) is 31.1 Å². The van der Waals surface area contributed by atoms with Gasteiger partial charge in [0.25, 0.3) is 0 Å². The van der Waals surface area contributed by atoms with E-state index in [0.29, 0.717) is 11.2 Å². The molecule has 28 heavy (non-hydrogen) atoms. The molecule has 144 valence electrons. The normalized spacial score (nSPS) is 13.6. The summed E-state index contributed by atoms with van der Waals surface area (Å²) >= 11 is 0. The van der Waals surface area contributed by atoms with Crippen LogP contribution in [0.25, 0.3) is 10.9 Å². The molecule has 1 aromatic heterocycles. The largest absolute Gasteiger partial charge is 0.465 e. The molecule has 0 atom stereocenters. The molecule has 1 aliphatic heterocycles. The van der Waals surface area contributed by atoms with Gasteiger partial charge in [-0.3, -0.25) is 4.79 Å². The highest BCUT2D eigenvalue weighted by Gasteiger charge is 2.28. The highest BCUT2D eigenvalue weighted by Crippen LogP contribution is 2.32. The van der Waals surface area contributed by atoms with E-state index in [9.17, 15) is 14.4 Å². The van der Waals surface area contributed by atoms with E-state index in [4.69, 9.17) is 9.47 Å². The number of ether oxygens (including phenoxy) is 2. The third-order valence-electron chi connectivity index (χ3n) is 4.52. The summed E-state index contributed by atoms with van der Waals surface area (Å²) in [5.41, 5.74) is 2.82. The van der Waals surface area contributed by atoms with Gasteiger partial charge in [-0.1, -0.05) is 6.08 Å². The molecule has 0 unspecified atom stereocenters. The Bertz CT molecular complexity index is 1120. The molecule has 7 heteroatoms. The van der Waals surface area contributed by atoms with Gasteiger partial charge in [-0.05, 0) is 49.3 Å². The number of hydrogen-bond acceptors (Lipinski definition) is 6. The first kappa shape index (κ1) is 19.2. The number of rotatable bonds is 3. The fourth-order valence-electron chi connectivity index (χ4n) is 3.18. The fourth-order valence-corrected chi connectivity index (χ4v) is 3.18. The number of H-pyrrole nitrogens is 1. The van der Waals surface area contributed by atoms with Gasteiger partial charge in [0.15, 0.2) is 0 Å². The summed E-state index contributed by atoms with van der Waals surface area (Å²) in [7, 11) is 2.49.